The molecule has 2 heterocycles. The van der Waals surface area contributed by atoms with E-state index in [2.05, 4.69) is 11.8 Å². The molecule has 1 fully saturated rings. The average molecular weight is 382 g/mol. The number of hydrogen-bond acceptors (Lipinski definition) is 4. The zero-order valence-electron chi connectivity index (χ0n) is 14.1. The molecule has 1 aliphatic rings. The van der Waals surface area contributed by atoms with Crippen LogP contribution in [0.2, 0.25) is 0 Å². The Morgan fingerprint density at radius 3 is 2.81 bits per heavy atom. The Kier molecular flexibility index (Phi) is 5.30. The summed E-state index contributed by atoms with van der Waals surface area (Å²) in [5.41, 5.74) is 4.52. The zero-order valence-corrected chi connectivity index (χ0v) is 14.1. The van der Waals surface area contributed by atoms with Gasteiger partial charge in [-0.1, -0.05) is 11.8 Å². The molecule has 9 heteroatoms. The number of hydrogen-bond donors (Lipinski definition) is 2. The lowest BCUT2D eigenvalue weighted by Gasteiger charge is -2.09. The largest absolute Gasteiger partial charge is 0.458 e. The van der Waals surface area contributed by atoms with Crippen molar-refractivity contribution < 1.29 is 32.3 Å². The van der Waals surface area contributed by atoms with Gasteiger partial charge in [0, 0.05) is 11.8 Å². The number of alkyl halides is 3. The lowest BCUT2D eigenvalue weighted by atomic mass is 10.1. The van der Waals surface area contributed by atoms with E-state index in [-0.39, 0.29) is 25.2 Å². The lowest BCUT2D eigenvalue weighted by molar-refractivity contribution is -0.137. The molecule has 6 nitrogen and oxygen atoms in total. The average Bonchev–Trinajstić information content (AvgIpc) is 3.23. The van der Waals surface area contributed by atoms with E-state index < -0.39 is 17.8 Å². The van der Waals surface area contributed by atoms with Gasteiger partial charge in [-0.2, -0.15) is 13.2 Å². The van der Waals surface area contributed by atoms with Crippen molar-refractivity contribution in [2.24, 2.45) is 5.73 Å². The SMILES string of the molecule is NC(=O)N(O)CCC#C[C@@H]1CC[C@H](c2cc3cc(C(F)(F)F)ccc3o2)O1. The first kappa shape index (κ1) is 19.1. The molecule has 0 unspecified atom stereocenters. The van der Waals surface area contributed by atoms with Crippen molar-refractivity contribution in [3.05, 3.63) is 35.6 Å². The number of nitrogens with two attached hydrogens (primary N) is 1. The summed E-state index contributed by atoms with van der Waals surface area (Å²) >= 11 is 0. The van der Waals surface area contributed by atoms with Crippen LogP contribution in [0.15, 0.2) is 28.7 Å². The minimum atomic E-state index is -4.41. The number of amides is 2. The minimum Gasteiger partial charge on any atom is -0.458 e. The Balaban J connectivity index is 1.63. The van der Waals surface area contributed by atoms with Gasteiger partial charge in [-0.05, 0) is 37.1 Å². The molecule has 2 amide bonds. The number of rotatable bonds is 3. The van der Waals surface area contributed by atoms with Crippen LogP contribution in [0, 0.1) is 11.8 Å². The van der Waals surface area contributed by atoms with Gasteiger partial charge in [0.25, 0.3) is 0 Å². The monoisotopic (exact) mass is 382 g/mol. The van der Waals surface area contributed by atoms with Gasteiger partial charge < -0.3 is 14.9 Å². The third-order valence-electron chi connectivity index (χ3n) is 4.17. The summed E-state index contributed by atoms with van der Waals surface area (Å²) < 4.78 is 49.8. The summed E-state index contributed by atoms with van der Waals surface area (Å²) in [7, 11) is 0. The standard InChI is InChI=1S/C18H17F3N2O4/c19-18(20,21)12-4-6-14-11(9-12)10-16(27-14)15-7-5-13(26-15)3-1-2-8-23(25)17(22)24/h4,6,9-10,13,15,25H,2,5,7-8H2,(H2,22,24)/t13-,15-/m1/s1. The van der Waals surface area contributed by atoms with Crippen LogP contribution in [-0.2, 0) is 10.9 Å². The van der Waals surface area contributed by atoms with Gasteiger partial charge in [0.1, 0.15) is 23.6 Å². The Labute approximate surface area is 152 Å². The Hall–Kier alpha value is -2.70. The molecule has 1 aromatic heterocycles. The van der Waals surface area contributed by atoms with E-state index in [0.29, 0.717) is 34.6 Å². The minimum absolute atomic E-state index is 0.0103. The third-order valence-corrected chi connectivity index (χ3v) is 4.17. The van der Waals surface area contributed by atoms with Crippen molar-refractivity contribution in [1.82, 2.24) is 5.06 Å². The highest BCUT2D eigenvalue weighted by molar-refractivity contribution is 5.79. The maximum absolute atomic E-state index is 12.8. The van der Waals surface area contributed by atoms with Crippen LogP contribution in [0.25, 0.3) is 11.0 Å². The van der Waals surface area contributed by atoms with Crippen molar-refractivity contribution in [2.45, 2.75) is 37.6 Å². The number of fused-ring (bicyclic) bond motifs is 1. The van der Waals surface area contributed by atoms with E-state index in [0.717, 1.165) is 12.1 Å². The van der Waals surface area contributed by atoms with E-state index in [4.69, 9.17) is 20.1 Å². The molecule has 3 rings (SSSR count). The molecule has 2 atom stereocenters. The molecular formula is C18H17F3N2O4. The molecule has 3 N–H and O–H groups in total. The number of benzene rings is 1. The number of urea groups is 1. The van der Waals surface area contributed by atoms with Crippen LogP contribution in [0.1, 0.15) is 36.7 Å². The smallest absolute Gasteiger partial charge is 0.416 e. The zero-order chi connectivity index (χ0) is 19.6. The summed E-state index contributed by atoms with van der Waals surface area (Å²) in [6.45, 7) is -0.0103. The summed E-state index contributed by atoms with van der Waals surface area (Å²) in [6, 6.07) is 3.94. The quantitative estimate of drug-likeness (QED) is 0.480. The third kappa shape index (κ3) is 4.53. The number of halogens is 3. The molecule has 1 aromatic carbocycles. The fourth-order valence-electron chi connectivity index (χ4n) is 2.81. The molecular weight excluding hydrogens is 365 g/mol. The van der Waals surface area contributed by atoms with Crippen molar-refractivity contribution in [2.75, 3.05) is 6.54 Å². The number of hydroxylamine groups is 2. The number of furan rings is 1. The Bertz CT molecular complexity index is 897. The summed E-state index contributed by atoms with van der Waals surface area (Å²) in [6.07, 6.45) is -3.65. The first-order chi connectivity index (χ1) is 12.7. The van der Waals surface area contributed by atoms with Gasteiger partial charge in [-0.25, -0.2) is 9.86 Å². The number of carbonyl (C=O) groups excluding carboxylic acids is 1. The number of nitrogens with zero attached hydrogens (tertiary/aromatic N) is 1. The van der Waals surface area contributed by atoms with Crippen LogP contribution in [0.3, 0.4) is 0 Å². The molecule has 1 aliphatic heterocycles. The molecule has 1 saturated heterocycles. The highest BCUT2D eigenvalue weighted by Crippen LogP contribution is 2.37. The van der Waals surface area contributed by atoms with Gasteiger partial charge in [0.2, 0.25) is 0 Å². The normalized spacial score (nSPS) is 19.7. The lowest BCUT2D eigenvalue weighted by Crippen LogP contribution is -2.33. The molecule has 0 radical (unpaired) electrons. The van der Waals surface area contributed by atoms with Crippen LogP contribution in [-0.4, -0.2) is 29.0 Å². The van der Waals surface area contributed by atoms with E-state index in [1.807, 2.05) is 0 Å². The number of ether oxygens (including phenoxy) is 1. The van der Waals surface area contributed by atoms with Gasteiger partial charge >= 0.3 is 12.2 Å². The van der Waals surface area contributed by atoms with E-state index in [1.54, 1.807) is 6.07 Å². The maximum atomic E-state index is 12.8. The summed E-state index contributed by atoms with van der Waals surface area (Å²) in [5, 5.41) is 9.86. The summed E-state index contributed by atoms with van der Waals surface area (Å²) in [4.78, 5) is 10.7. The maximum Gasteiger partial charge on any atom is 0.416 e. The van der Waals surface area contributed by atoms with E-state index in [9.17, 15) is 18.0 Å². The molecule has 0 saturated carbocycles. The molecule has 27 heavy (non-hydrogen) atoms. The van der Waals surface area contributed by atoms with Crippen molar-refractivity contribution in [3.63, 3.8) is 0 Å². The van der Waals surface area contributed by atoms with E-state index >= 15 is 0 Å². The van der Waals surface area contributed by atoms with Crippen LogP contribution in [0.5, 0.6) is 0 Å². The van der Waals surface area contributed by atoms with Crippen molar-refractivity contribution in [3.8, 4) is 11.8 Å². The Morgan fingerprint density at radius 1 is 1.33 bits per heavy atom. The Morgan fingerprint density at radius 2 is 2.11 bits per heavy atom. The van der Waals surface area contributed by atoms with Gasteiger partial charge in [0.15, 0.2) is 0 Å². The van der Waals surface area contributed by atoms with Gasteiger partial charge in [-0.3, -0.25) is 5.21 Å². The fourth-order valence-corrected chi connectivity index (χ4v) is 2.81. The van der Waals surface area contributed by atoms with Crippen molar-refractivity contribution in [1.29, 1.82) is 0 Å². The number of primary amides is 1. The molecule has 144 valence electrons. The van der Waals surface area contributed by atoms with E-state index in [1.165, 1.54) is 6.07 Å². The first-order valence-corrected chi connectivity index (χ1v) is 8.24. The highest BCUT2D eigenvalue weighted by Gasteiger charge is 2.32. The van der Waals surface area contributed by atoms with Crippen LogP contribution < -0.4 is 5.73 Å². The molecule has 2 aromatic rings. The molecule has 0 aliphatic carbocycles. The topological polar surface area (TPSA) is 88.9 Å². The second kappa shape index (κ2) is 7.50. The van der Waals surface area contributed by atoms with Crippen LogP contribution in [0.4, 0.5) is 18.0 Å². The predicted octanol–water partition coefficient (Wildman–Crippen LogP) is 3.84. The second-order valence-electron chi connectivity index (χ2n) is 6.12. The summed E-state index contributed by atoms with van der Waals surface area (Å²) in [5.74, 6) is 6.14. The second-order valence-corrected chi connectivity index (χ2v) is 6.12. The molecule has 0 spiro atoms. The van der Waals surface area contributed by atoms with Crippen molar-refractivity contribution >= 4 is 17.0 Å². The fraction of sp³-hybridized carbons (Fsp3) is 0.389. The first-order valence-electron chi connectivity index (χ1n) is 8.24. The predicted molar refractivity (Wildman–Crippen MR) is 88.5 cm³/mol. The van der Waals surface area contributed by atoms with Gasteiger partial charge in [0.05, 0.1) is 12.1 Å². The van der Waals surface area contributed by atoms with Crippen LogP contribution >= 0.6 is 0 Å². The van der Waals surface area contributed by atoms with Gasteiger partial charge in [-0.15, -0.1) is 0 Å². The number of carbonyl (C=O) groups is 1. The molecule has 0 bridgehead atoms. The highest BCUT2D eigenvalue weighted by atomic mass is 19.4.